The van der Waals surface area contributed by atoms with E-state index < -0.39 is 4.67 Å². The van der Waals surface area contributed by atoms with E-state index in [-0.39, 0.29) is 0 Å². The lowest BCUT2D eigenvalue weighted by Crippen LogP contribution is -1.86. The van der Waals surface area contributed by atoms with E-state index in [1.54, 1.807) is 0 Å². The van der Waals surface area contributed by atoms with Gasteiger partial charge in [-0.1, -0.05) is 49.5 Å². The molecule has 0 spiro atoms. The third-order valence-corrected chi connectivity index (χ3v) is 11.5. The van der Waals surface area contributed by atoms with E-state index in [0.717, 1.165) is 18.1 Å². The fourth-order valence-electron chi connectivity index (χ4n) is 0.956. The molecule has 0 heterocycles. The van der Waals surface area contributed by atoms with Crippen LogP contribution in [0, 0.1) is 0 Å². The van der Waals surface area contributed by atoms with Crippen LogP contribution in [0.5, 0.6) is 0 Å². The zero-order valence-electron chi connectivity index (χ0n) is 9.32. The Labute approximate surface area is 102 Å². The molecule has 0 fully saturated rings. The van der Waals surface area contributed by atoms with Crippen LogP contribution in [-0.4, -0.2) is 18.1 Å². The molecular formula is C9H21OPS3. The van der Waals surface area contributed by atoms with E-state index in [2.05, 4.69) is 13.8 Å². The van der Waals surface area contributed by atoms with Gasteiger partial charge in [0.2, 0.25) is 0 Å². The van der Waals surface area contributed by atoms with Gasteiger partial charge in [-0.05, 0) is 30.9 Å². The molecule has 0 aliphatic carbocycles. The van der Waals surface area contributed by atoms with Crippen LogP contribution >= 0.6 is 27.4 Å². The molecular weight excluding hydrogens is 251 g/mol. The molecule has 0 radical (unpaired) electrons. The fraction of sp³-hybridized carbons (Fsp3) is 1.00. The fourth-order valence-corrected chi connectivity index (χ4v) is 9.91. The van der Waals surface area contributed by atoms with Crippen LogP contribution in [0.2, 0.25) is 0 Å². The third-order valence-electron chi connectivity index (χ3n) is 1.57. The van der Waals surface area contributed by atoms with Crippen molar-refractivity contribution in [1.29, 1.82) is 0 Å². The molecule has 86 valence electrons. The summed E-state index contributed by atoms with van der Waals surface area (Å²) in [5.74, 6) is 2.23. The summed E-state index contributed by atoms with van der Waals surface area (Å²) in [6.45, 7) is 7.16. The monoisotopic (exact) mass is 272 g/mol. The second-order valence-electron chi connectivity index (χ2n) is 2.82. The molecule has 1 unspecified atom stereocenters. The molecule has 0 bridgehead atoms. The van der Waals surface area contributed by atoms with Gasteiger partial charge in [-0.2, -0.15) is 0 Å². The predicted octanol–water partition coefficient (Wildman–Crippen LogP) is 4.92. The molecule has 0 saturated carbocycles. The summed E-state index contributed by atoms with van der Waals surface area (Å²) in [6.07, 6.45) is 3.86. The van der Waals surface area contributed by atoms with Gasteiger partial charge < -0.3 is 4.52 Å². The lowest BCUT2D eigenvalue weighted by atomic mass is 10.3. The lowest BCUT2D eigenvalue weighted by molar-refractivity contribution is 0.393. The summed E-state index contributed by atoms with van der Waals surface area (Å²) in [4.78, 5) is 0. The van der Waals surface area contributed by atoms with Crippen LogP contribution in [0.15, 0.2) is 0 Å². The Morgan fingerprint density at radius 2 is 1.86 bits per heavy atom. The van der Waals surface area contributed by atoms with Gasteiger partial charge >= 0.3 is 0 Å². The maximum absolute atomic E-state index is 5.70. The molecule has 14 heavy (non-hydrogen) atoms. The van der Waals surface area contributed by atoms with Crippen LogP contribution in [0.1, 0.15) is 40.0 Å². The van der Waals surface area contributed by atoms with Crippen molar-refractivity contribution in [3.8, 4) is 0 Å². The normalized spacial score (nSPS) is 15.4. The SMILES string of the molecule is CCCCCSP(=S)(OCC)SCC. The highest BCUT2D eigenvalue weighted by atomic mass is 33.2. The molecule has 0 rings (SSSR count). The van der Waals surface area contributed by atoms with E-state index in [1.807, 2.05) is 29.7 Å². The molecule has 0 aromatic heterocycles. The van der Waals surface area contributed by atoms with Gasteiger partial charge in [-0.3, -0.25) is 0 Å². The second kappa shape index (κ2) is 9.53. The summed E-state index contributed by atoms with van der Waals surface area (Å²) in [5, 5.41) is 0. The van der Waals surface area contributed by atoms with Crippen molar-refractivity contribution in [2.75, 3.05) is 18.1 Å². The van der Waals surface area contributed by atoms with E-state index >= 15 is 0 Å². The summed E-state index contributed by atoms with van der Waals surface area (Å²) < 4.78 is 4.11. The molecule has 0 N–H and O–H groups in total. The Bertz CT molecular complexity index is 165. The first-order valence-corrected chi connectivity index (χ1v) is 11.1. The van der Waals surface area contributed by atoms with E-state index in [9.17, 15) is 0 Å². The van der Waals surface area contributed by atoms with Gasteiger partial charge in [-0.25, -0.2) is 0 Å². The largest absolute Gasteiger partial charge is 0.334 e. The Hall–Kier alpha value is 1.31. The molecule has 1 atom stereocenters. The van der Waals surface area contributed by atoms with Crippen LogP contribution in [0.3, 0.4) is 0 Å². The Balaban J connectivity index is 3.78. The van der Waals surface area contributed by atoms with Crippen molar-refractivity contribution in [3.63, 3.8) is 0 Å². The van der Waals surface area contributed by atoms with E-state index in [1.165, 1.54) is 19.3 Å². The van der Waals surface area contributed by atoms with Crippen LogP contribution in [-0.2, 0) is 16.3 Å². The van der Waals surface area contributed by atoms with Crippen molar-refractivity contribution in [2.24, 2.45) is 0 Å². The first-order valence-electron chi connectivity index (χ1n) is 5.22. The van der Waals surface area contributed by atoms with Gasteiger partial charge in [0.15, 0.2) is 4.67 Å². The van der Waals surface area contributed by atoms with Gasteiger partial charge in [0.05, 0.1) is 6.61 Å². The summed E-state index contributed by atoms with van der Waals surface area (Å²) in [6, 6.07) is 0. The Morgan fingerprint density at radius 3 is 2.36 bits per heavy atom. The molecule has 0 aliphatic heterocycles. The first-order chi connectivity index (χ1) is 6.68. The first kappa shape index (κ1) is 15.3. The highest BCUT2D eigenvalue weighted by Crippen LogP contribution is 2.70. The van der Waals surface area contributed by atoms with Crippen molar-refractivity contribution < 1.29 is 4.52 Å². The average Bonchev–Trinajstić information content (AvgIpc) is 2.13. The number of hydrogen-bond donors (Lipinski definition) is 0. The lowest BCUT2D eigenvalue weighted by Gasteiger charge is -2.19. The number of hydrogen-bond acceptors (Lipinski definition) is 4. The summed E-state index contributed by atoms with van der Waals surface area (Å²) in [5.41, 5.74) is 0. The molecule has 0 aliphatic rings. The minimum Gasteiger partial charge on any atom is -0.334 e. The van der Waals surface area contributed by atoms with Crippen molar-refractivity contribution in [2.45, 2.75) is 40.0 Å². The van der Waals surface area contributed by atoms with Crippen molar-refractivity contribution in [3.05, 3.63) is 0 Å². The highest BCUT2D eigenvalue weighted by molar-refractivity contribution is 8.99. The maximum atomic E-state index is 5.70. The summed E-state index contributed by atoms with van der Waals surface area (Å²) >= 11 is 9.27. The second-order valence-corrected chi connectivity index (χ2v) is 13.7. The molecule has 0 saturated heterocycles. The number of unbranched alkanes of at least 4 members (excludes halogenated alkanes) is 2. The summed E-state index contributed by atoms with van der Waals surface area (Å²) in [7, 11) is 0. The van der Waals surface area contributed by atoms with E-state index in [0.29, 0.717) is 0 Å². The van der Waals surface area contributed by atoms with Gasteiger partial charge in [0.25, 0.3) is 0 Å². The molecule has 1 nitrogen and oxygen atoms in total. The Morgan fingerprint density at radius 1 is 1.14 bits per heavy atom. The van der Waals surface area contributed by atoms with E-state index in [4.69, 9.17) is 16.3 Å². The zero-order valence-corrected chi connectivity index (χ0v) is 12.7. The quantitative estimate of drug-likeness (QED) is 0.435. The molecule has 0 aromatic carbocycles. The van der Waals surface area contributed by atoms with Gasteiger partial charge in [0, 0.05) is 5.75 Å². The number of rotatable bonds is 9. The Kier molecular flexibility index (Phi) is 10.4. The van der Waals surface area contributed by atoms with Gasteiger partial charge in [-0.15, -0.1) is 0 Å². The maximum Gasteiger partial charge on any atom is 0.174 e. The highest BCUT2D eigenvalue weighted by Gasteiger charge is 2.17. The zero-order chi connectivity index (χ0) is 10.9. The van der Waals surface area contributed by atoms with Crippen LogP contribution in [0.25, 0.3) is 0 Å². The van der Waals surface area contributed by atoms with Crippen molar-refractivity contribution >= 4 is 39.2 Å². The van der Waals surface area contributed by atoms with Crippen LogP contribution in [0.4, 0.5) is 0 Å². The minimum atomic E-state index is -1.59. The van der Waals surface area contributed by atoms with Crippen molar-refractivity contribution in [1.82, 2.24) is 0 Å². The molecule has 0 amide bonds. The molecule has 0 aromatic rings. The average molecular weight is 272 g/mol. The minimum absolute atomic E-state index is 0.755. The third kappa shape index (κ3) is 7.58. The van der Waals surface area contributed by atoms with Crippen LogP contribution < -0.4 is 0 Å². The smallest absolute Gasteiger partial charge is 0.174 e. The standard InChI is InChI=1S/C9H21OPS3/c1-4-7-8-9-14-11(12,10-5-2)13-6-3/h4-9H2,1-3H3. The predicted molar refractivity (Wildman–Crippen MR) is 76.0 cm³/mol. The molecule has 5 heteroatoms. The topological polar surface area (TPSA) is 9.23 Å². The van der Waals surface area contributed by atoms with Gasteiger partial charge in [0.1, 0.15) is 0 Å².